The van der Waals surface area contributed by atoms with E-state index in [1.54, 1.807) is 13.3 Å². The fourth-order valence-corrected chi connectivity index (χ4v) is 2.73. The van der Waals surface area contributed by atoms with Crippen LogP contribution in [-0.2, 0) is 6.54 Å². The molecule has 0 aliphatic heterocycles. The van der Waals surface area contributed by atoms with Crippen LogP contribution in [0.25, 0.3) is 11.1 Å². The molecule has 2 heterocycles. The van der Waals surface area contributed by atoms with Crippen molar-refractivity contribution in [2.45, 2.75) is 20.4 Å². The number of nitrogens with two attached hydrogens (primary N) is 1. The van der Waals surface area contributed by atoms with Gasteiger partial charge in [-0.25, -0.2) is 4.98 Å². The van der Waals surface area contributed by atoms with Gasteiger partial charge in [0.25, 0.3) is 0 Å². The lowest BCUT2D eigenvalue weighted by Crippen LogP contribution is -2.04. The van der Waals surface area contributed by atoms with Gasteiger partial charge in [-0.2, -0.15) is 5.10 Å². The molecule has 0 atom stereocenters. The van der Waals surface area contributed by atoms with E-state index in [0.29, 0.717) is 5.82 Å². The minimum Gasteiger partial charge on any atom is -0.497 e. The van der Waals surface area contributed by atoms with Crippen LogP contribution in [0.4, 0.5) is 5.82 Å². The highest BCUT2D eigenvalue weighted by atomic mass is 16.5. The quantitative estimate of drug-likeness (QED) is 0.804. The predicted octanol–water partition coefficient (Wildman–Crippen LogP) is 3.20. The van der Waals surface area contributed by atoms with Gasteiger partial charge in [0.05, 0.1) is 19.3 Å². The molecule has 0 aliphatic carbocycles. The van der Waals surface area contributed by atoms with E-state index >= 15 is 0 Å². The Hall–Kier alpha value is -2.82. The lowest BCUT2D eigenvalue weighted by atomic mass is 10.1. The molecule has 1 aromatic carbocycles. The average molecular weight is 308 g/mol. The van der Waals surface area contributed by atoms with Crippen molar-refractivity contribution in [3.8, 4) is 16.9 Å². The lowest BCUT2D eigenvalue weighted by Gasteiger charge is -2.07. The van der Waals surface area contributed by atoms with Crippen LogP contribution in [0.5, 0.6) is 5.75 Å². The number of aryl methyl sites for hydroxylation is 1. The molecule has 5 heteroatoms. The Bertz CT molecular complexity index is 804. The van der Waals surface area contributed by atoms with Gasteiger partial charge in [-0.05, 0) is 43.7 Å². The van der Waals surface area contributed by atoms with Crippen LogP contribution < -0.4 is 10.5 Å². The summed E-state index contributed by atoms with van der Waals surface area (Å²) in [4.78, 5) is 4.18. The zero-order chi connectivity index (χ0) is 16.4. The summed E-state index contributed by atoms with van der Waals surface area (Å²) in [5, 5.41) is 4.67. The van der Waals surface area contributed by atoms with Crippen LogP contribution in [0.1, 0.15) is 17.0 Å². The lowest BCUT2D eigenvalue weighted by molar-refractivity contribution is 0.414. The number of benzene rings is 1. The van der Waals surface area contributed by atoms with Crippen LogP contribution in [-0.4, -0.2) is 21.9 Å². The molecule has 0 spiro atoms. The second-order valence-electron chi connectivity index (χ2n) is 5.52. The highest BCUT2D eigenvalue weighted by Gasteiger charge is 2.14. The Morgan fingerprint density at radius 2 is 1.83 bits per heavy atom. The first-order valence-electron chi connectivity index (χ1n) is 7.47. The Balaban J connectivity index is 1.92. The van der Waals surface area contributed by atoms with Gasteiger partial charge in [-0.1, -0.05) is 12.1 Å². The van der Waals surface area contributed by atoms with Crippen molar-refractivity contribution in [3.63, 3.8) is 0 Å². The summed E-state index contributed by atoms with van der Waals surface area (Å²) in [7, 11) is 1.67. The molecule has 2 aromatic heterocycles. The van der Waals surface area contributed by atoms with E-state index in [2.05, 4.69) is 29.1 Å². The van der Waals surface area contributed by atoms with E-state index in [9.17, 15) is 0 Å². The fourth-order valence-electron chi connectivity index (χ4n) is 2.73. The van der Waals surface area contributed by atoms with Gasteiger partial charge in [0.1, 0.15) is 11.6 Å². The Morgan fingerprint density at radius 3 is 2.43 bits per heavy atom. The molecular formula is C18H20N4O. The molecule has 23 heavy (non-hydrogen) atoms. The van der Waals surface area contributed by atoms with Gasteiger partial charge in [0.2, 0.25) is 0 Å². The van der Waals surface area contributed by atoms with E-state index in [4.69, 9.17) is 10.5 Å². The minimum atomic E-state index is 0.523. The normalized spacial score (nSPS) is 10.7. The van der Waals surface area contributed by atoms with Gasteiger partial charge in [-0.15, -0.1) is 0 Å². The van der Waals surface area contributed by atoms with Crippen molar-refractivity contribution in [3.05, 3.63) is 59.5 Å². The van der Waals surface area contributed by atoms with Crippen molar-refractivity contribution >= 4 is 5.82 Å². The molecule has 5 nitrogen and oxygen atoms in total. The molecule has 0 fully saturated rings. The van der Waals surface area contributed by atoms with Gasteiger partial charge in [-0.3, -0.25) is 4.68 Å². The Labute approximate surface area is 135 Å². The summed E-state index contributed by atoms with van der Waals surface area (Å²) in [6.45, 7) is 4.82. The van der Waals surface area contributed by atoms with E-state index in [1.165, 1.54) is 5.56 Å². The van der Waals surface area contributed by atoms with Crippen LogP contribution in [0.3, 0.4) is 0 Å². The second-order valence-corrected chi connectivity index (χ2v) is 5.52. The first-order chi connectivity index (χ1) is 11.1. The topological polar surface area (TPSA) is 66.0 Å². The standard InChI is InChI=1S/C18H20N4O/c1-12-18(15-6-9-17(19)20-10-15)13(2)22(21-12)11-14-4-7-16(23-3)8-5-14/h4-10H,11H2,1-3H3,(H2,19,20). The smallest absolute Gasteiger partial charge is 0.123 e. The van der Waals surface area contributed by atoms with Crippen molar-refractivity contribution < 1.29 is 4.74 Å². The minimum absolute atomic E-state index is 0.523. The molecule has 3 aromatic rings. The Morgan fingerprint density at radius 1 is 1.09 bits per heavy atom. The first kappa shape index (κ1) is 15.1. The van der Waals surface area contributed by atoms with Gasteiger partial charge in [0.15, 0.2) is 0 Å². The van der Waals surface area contributed by atoms with Crippen LogP contribution in [0, 0.1) is 13.8 Å². The molecule has 0 saturated carbocycles. The maximum atomic E-state index is 5.67. The number of aromatic nitrogens is 3. The third-order valence-corrected chi connectivity index (χ3v) is 3.95. The second kappa shape index (κ2) is 6.12. The van der Waals surface area contributed by atoms with E-state index in [0.717, 1.165) is 34.8 Å². The molecule has 2 N–H and O–H groups in total. The van der Waals surface area contributed by atoms with Crippen LogP contribution in [0.2, 0.25) is 0 Å². The van der Waals surface area contributed by atoms with E-state index < -0.39 is 0 Å². The molecule has 0 bridgehead atoms. The molecule has 0 saturated heterocycles. The molecule has 0 aliphatic rings. The number of anilines is 1. The highest BCUT2D eigenvalue weighted by Crippen LogP contribution is 2.27. The third-order valence-electron chi connectivity index (χ3n) is 3.95. The summed E-state index contributed by atoms with van der Waals surface area (Å²) in [6.07, 6.45) is 1.80. The molecule has 3 rings (SSSR count). The number of pyridine rings is 1. The van der Waals surface area contributed by atoms with E-state index in [1.807, 2.05) is 35.9 Å². The van der Waals surface area contributed by atoms with Crippen molar-refractivity contribution in [2.24, 2.45) is 0 Å². The number of nitrogens with zero attached hydrogens (tertiary/aromatic N) is 3. The maximum absolute atomic E-state index is 5.67. The maximum Gasteiger partial charge on any atom is 0.123 e. The number of hydrogen-bond acceptors (Lipinski definition) is 4. The summed E-state index contributed by atoms with van der Waals surface area (Å²) in [5.41, 5.74) is 11.1. The molecule has 118 valence electrons. The van der Waals surface area contributed by atoms with Crippen molar-refractivity contribution in [2.75, 3.05) is 12.8 Å². The first-order valence-corrected chi connectivity index (χ1v) is 7.47. The summed E-state index contributed by atoms with van der Waals surface area (Å²) in [6, 6.07) is 11.8. The molecule has 0 unspecified atom stereocenters. The van der Waals surface area contributed by atoms with Crippen molar-refractivity contribution in [1.82, 2.24) is 14.8 Å². The number of nitrogen functional groups attached to an aromatic ring is 1. The van der Waals surface area contributed by atoms with Gasteiger partial charge < -0.3 is 10.5 Å². The summed E-state index contributed by atoms with van der Waals surface area (Å²) < 4.78 is 7.21. The molecule has 0 amide bonds. The summed E-state index contributed by atoms with van der Waals surface area (Å²) in [5.74, 6) is 1.38. The number of methoxy groups -OCH3 is 1. The summed E-state index contributed by atoms with van der Waals surface area (Å²) >= 11 is 0. The average Bonchev–Trinajstić information content (AvgIpc) is 2.83. The fraction of sp³-hybridized carbons (Fsp3) is 0.222. The third kappa shape index (κ3) is 3.04. The number of hydrogen-bond donors (Lipinski definition) is 1. The number of ether oxygens (including phenoxy) is 1. The van der Waals surface area contributed by atoms with Gasteiger partial charge >= 0.3 is 0 Å². The zero-order valence-electron chi connectivity index (χ0n) is 13.6. The Kier molecular flexibility index (Phi) is 4.02. The zero-order valence-corrected chi connectivity index (χ0v) is 13.6. The van der Waals surface area contributed by atoms with E-state index in [-0.39, 0.29) is 0 Å². The monoisotopic (exact) mass is 308 g/mol. The SMILES string of the molecule is COc1ccc(Cn2nc(C)c(-c3ccc(N)nc3)c2C)cc1. The van der Waals surface area contributed by atoms with Crippen LogP contribution >= 0.6 is 0 Å². The molecule has 0 radical (unpaired) electrons. The molecular weight excluding hydrogens is 288 g/mol. The van der Waals surface area contributed by atoms with Crippen LogP contribution in [0.15, 0.2) is 42.6 Å². The number of rotatable bonds is 4. The van der Waals surface area contributed by atoms with Gasteiger partial charge in [0, 0.05) is 23.0 Å². The largest absolute Gasteiger partial charge is 0.497 e. The van der Waals surface area contributed by atoms with Crippen molar-refractivity contribution in [1.29, 1.82) is 0 Å². The highest BCUT2D eigenvalue weighted by molar-refractivity contribution is 5.68. The predicted molar refractivity (Wildman–Crippen MR) is 91.4 cm³/mol.